The van der Waals surface area contributed by atoms with Crippen molar-refractivity contribution in [2.75, 3.05) is 11.5 Å². The largest absolute Gasteiger partial charge is 0.494 e. The molecule has 9 heteroatoms. The van der Waals surface area contributed by atoms with Gasteiger partial charge in [-0.05, 0) is 73.7 Å². The monoisotopic (exact) mass is 486 g/mol. The number of benzene rings is 2. The first-order chi connectivity index (χ1) is 17.1. The number of nitro groups is 1. The Hall–Kier alpha value is -4.24. The number of para-hydroxylation sites is 1. The molecule has 4 aromatic rings. The maximum Gasteiger partial charge on any atom is 0.280 e. The lowest BCUT2D eigenvalue weighted by atomic mass is 10.0. The molecule has 176 valence electrons. The van der Waals surface area contributed by atoms with Crippen molar-refractivity contribution >= 4 is 28.7 Å². The van der Waals surface area contributed by atoms with Crippen LogP contribution in [0.2, 0.25) is 0 Å². The molecule has 2 aromatic carbocycles. The molecule has 1 saturated heterocycles. The Balaban J connectivity index is 1.58. The topological polar surface area (TPSA) is 93.7 Å². The van der Waals surface area contributed by atoms with Crippen LogP contribution in [0.5, 0.6) is 5.75 Å². The van der Waals surface area contributed by atoms with Gasteiger partial charge >= 0.3 is 0 Å². The third kappa shape index (κ3) is 4.33. The fourth-order valence-corrected chi connectivity index (χ4v) is 4.64. The molecule has 0 saturated carbocycles. The van der Waals surface area contributed by atoms with Crippen molar-refractivity contribution in [3.8, 4) is 17.1 Å². The van der Waals surface area contributed by atoms with Crippen molar-refractivity contribution in [1.82, 2.24) is 10.3 Å². The molecule has 0 amide bonds. The highest BCUT2D eigenvalue weighted by molar-refractivity contribution is 7.80. The van der Waals surface area contributed by atoms with Gasteiger partial charge in [0.2, 0.25) is 0 Å². The van der Waals surface area contributed by atoms with Gasteiger partial charge in [-0.2, -0.15) is 0 Å². The molecule has 0 aliphatic carbocycles. The van der Waals surface area contributed by atoms with E-state index in [1.54, 1.807) is 30.5 Å². The van der Waals surface area contributed by atoms with Gasteiger partial charge in [-0.15, -0.1) is 0 Å². The van der Waals surface area contributed by atoms with Crippen molar-refractivity contribution in [1.29, 1.82) is 0 Å². The molecule has 0 radical (unpaired) electrons. The van der Waals surface area contributed by atoms with Gasteiger partial charge in [0, 0.05) is 18.0 Å². The van der Waals surface area contributed by atoms with Crippen LogP contribution < -0.4 is 15.0 Å². The van der Waals surface area contributed by atoms with E-state index < -0.39 is 4.92 Å². The third-order valence-corrected chi connectivity index (χ3v) is 6.12. The van der Waals surface area contributed by atoms with Gasteiger partial charge < -0.3 is 19.4 Å². The molecule has 35 heavy (non-hydrogen) atoms. The van der Waals surface area contributed by atoms with E-state index in [1.165, 1.54) is 6.07 Å². The predicted molar refractivity (Wildman–Crippen MR) is 136 cm³/mol. The average Bonchev–Trinajstić information content (AvgIpc) is 3.50. The fourth-order valence-electron chi connectivity index (χ4n) is 4.29. The average molecular weight is 487 g/mol. The highest BCUT2D eigenvalue weighted by Crippen LogP contribution is 2.43. The zero-order valence-corrected chi connectivity index (χ0v) is 19.6. The lowest BCUT2D eigenvalue weighted by Gasteiger charge is -2.26. The number of aromatic nitrogens is 1. The van der Waals surface area contributed by atoms with Gasteiger partial charge in [-0.1, -0.05) is 18.2 Å². The quantitative estimate of drug-likeness (QED) is 0.198. The van der Waals surface area contributed by atoms with Crippen LogP contribution in [0.4, 0.5) is 11.4 Å². The fraction of sp³-hybridized carbons (Fsp3) is 0.154. The van der Waals surface area contributed by atoms with Crippen molar-refractivity contribution in [3.05, 3.63) is 107 Å². The molecule has 2 aromatic heterocycles. The van der Waals surface area contributed by atoms with Crippen LogP contribution in [0.15, 0.2) is 89.5 Å². The Morgan fingerprint density at radius 2 is 1.86 bits per heavy atom. The SMILES string of the molecule is CCOc1ccc(N2C(=S)N[C@@H](c3ccccn3)[C@@H]2c2ccc(-c3ccccc3[N+](=O)[O-])o2)cc1. The molecule has 0 bridgehead atoms. The summed E-state index contributed by atoms with van der Waals surface area (Å²) in [6, 6.07) is 22.8. The summed E-state index contributed by atoms with van der Waals surface area (Å²) >= 11 is 5.74. The zero-order valence-electron chi connectivity index (χ0n) is 18.8. The van der Waals surface area contributed by atoms with E-state index in [9.17, 15) is 10.1 Å². The first-order valence-corrected chi connectivity index (χ1v) is 11.5. The summed E-state index contributed by atoms with van der Waals surface area (Å²) in [5, 5.41) is 15.5. The van der Waals surface area contributed by atoms with E-state index in [-0.39, 0.29) is 17.8 Å². The summed E-state index contributed by atoms with van der Waals surface area (Å²) in [6.45, 7) is 2.51. The number of nitrogens with zero attached hydrogens (tertiary/aromatic N) is 3. The highest BCUT2D eigenvalue weighted by Gasteiger charge is 2.42. The normalized spacial score (nSPS) is 17.3. The van der Waals surface area contributed by atoms with Crippen LogP contribution >= 0.6 is 12.2 Å². The van der Waals surface area contributed by atoms with Gasteiger partial charge in [0.25, 0.3) is 5.69 Å². The number of hydrogen-bond acceptors (Lipinski definition) is 6. The van der Waals surface area contributed by atoms with Crippen LogP contribution in [-0.4, -0.2) is 21.6 Å². The van der Waals surface area contributed by atoms with Crippen LogP contribution in [0, 0.1) is 10.1 Å². The number of ether oxygens (including phenoxy) is 1. The number of rotatable bonds is 7. The smallest absolute Gasteiger partial charge is 0.280 e. The highest BCUT2D eigenvalue weighted by atomic mass is 32.1. The summed E-state index contributed by atoms with van der Waals surface area (Å²) in [7, 11) is 0. The molecule has 5 rings (SSSR count). The van der Waals surface area contributed by atoms with Crippen molar-refractivity contribution in [2.45, 2.75) is 19.0 Å². The van der Waals surface area contributed by atoms with Crippen molar-refractivity contribution in [3.63, 3.8) is 0 Å². The van der Waals surface area contributed by atoms with Crippen molar-refractivity contribution in [2.24, 2.45) is 0 Å². The summed E-state index contributed by atoms with van der Waals surface area (Å²) in [4.78, 5) is 17.7. The Morgan fingerprint density at radius 3 is 2.57 bits per heavy atom. The molecule has 1 aliphatic heterocycles. The van der Waals surface area contributed by atoms with Crippen LogP contribution in [-0.2, 0) is 0 Å². The van der Waals surface area contributed by atoms with Gasteiger partial charge in [0.15, 0.2) is 5.11 Å². The van der Waals surface area contributed by atoms with E-state index in [0.717, 1.165) is 17.1 Å². The molecule has 1 N–H and O–H groups in total. The first kappa shape index (κ1) is 22.5. The number of thiocarbonyl (C=S) groups is 1. The molecular formula is C26H22N4O4S. The summed E-state index contributed by atoms with van der Waals surface area (Å²) in [6.07, 6.45) is 1.73. The van der Waals surface area contributed by atoms with Gasteiger partial charge in [0.1, 0.15) is 23.3 Å². The van der Waals surface area contributed by atoms with Crippen LogP contribution in [0.1, 0.15) is 30.5 Å². The second kappa shape index (κ2) is 9.55. The van der Waals surface area contributed by atoms with Gasteiger partial charge in [-0.3, -0.25) is 15.1 Å². The Morgan fingerprint density at radius 1 is 1.09 bits per heavy atom. The lowest BCUT2D eigenvalue weighted by molar-refractivity contribution is -0.384. The molecular weight excluding hydrogens is 464 g/mol. The maximum absolute atomic E-state index is 11.6. The second-order valence-electron chi connectivity index (χ2n) is 7.90. The number of nitro benzene ring substituents is 1. The van der Waals surface area contributed by atoms with E-state index in [0.29, 0.717) is 28.8 Å². The number of anilines is 1. The van der Waals surface area contributed by atoms with E-state index in [2.05, 4.69) is 10.3 Å². The number of pyridine rings is 1. The molecule has 3 heterocycles. The van der Waals surface area contributed by atoms with Crippen LogP contribution in [0.25, 0.3) is 11.3 Å². The summed E-state index contributed by atoms with van der Waals surface area (Å²) in [5.41, 5.74) is 2.06. The van der Waals surface area contributed by atoms with Crippen molar-refractivity contribution < 1.29 is 14.1 Å². The zero-order chi connectivity index (χ0) is 24.4. The van der Waals surface area contributed by atoms with Gasteiger partial charge in [-0.25, -0.2) is 0 Å². The lowest BCUT2D eigenvalue weighted by Crippen LogP contribution is -2.29. The van der Waals surface area contributed by atoms with Gasteiger partial charge in [0.05, 0.1) is 28.8 Å². The standard InChI is InChI=1S/C26H22N4O4S/c1-2-33-18-12-10-17(11-13-18)29-25(24(28-26(29)35)20-8-5-6-16-27-20)23-15-14-22(34-23)19-7-3-4-9-21(19)30(31)32/h3-16,24-25H,2H2,1H3,(H,28,35)/t24-,25-/m0/s1. The van der Waals surface area contributed by atoms with Crippen LogP contribution in [0.3, 0.4) is 0 Å². The minimum absolute atomic E-state index is 0.0156. The molecule has 1 fully saturated rings. The number of furan rings is 1. The first-order valence-electron chi connectivity index (χ1n) is 11.1. The third-order valence-electron chi connectivity index (χ3n) is 5.81. The molecule has 2 atom stereocenters. The minimum atomic E-state index is -0.410. The number of nitrogens with one attached hydrogen (secondary N) is 1. The summed E-state index contributed by atoms with van der Waals surface area (Å²) < 4.78 is 11.8. The molecule has 8 nitrogen and oxygen atoms in total. The Kier molecular flexibility index (Phi) is 6.15. The van der Waals surface area contributed by atoms with E-state index >= 15 is 0 Å². The Labute approximate surface area is 207 Å². The predicted octanol–water partition coefficient (Wildman–Crippen LogP) is 5.83. The van der Waals surface area contributed by atoms with E-state index in [4.69, 9.17) is 21.4 Å². The molecule has 1 aliphatic rings. The van der Waals surface area contributed by atoms with E-state index in [1.807, 2.05) is 60.4 Å². The molecule has 0 unspecified atom stereocenters. The second-order valence-corrected chi connectivity index (χ2v) is 8.29. The molecule has 0 spiro atoms. The summed E-state index contributed by atoms with van der Waals surface area (Å²) in [5.74, 6) is 1.79. The number of hydrogen-bond donors (Lipinski definition) is 1. The maximum atomic E-state index is 11.6. The minimum Gasteiger partial charge on any atom is -0.494 e. The Bertz CT molecular complexity index is 1360.